The van der Waals surface area contributed by atoms with Gasteiger partial charge in [-0.2, -0.15) is 0 Å². The summed E-state index contributed by atoms with van der Waals surface area (Å²) in [5, 5.41) is 0. The summed E-state index contributed by atoms with van der Waals surface area (Å²) in [5.41, 5.74) is -0.295. The van der Waals surface area contributed by atoms with Gasteiger partial charge in [-0.15, -0.1) is 0 Å². The van der Waals surface area contributed by atoms with Crippen molar-refractivity contribution in [3.63, 3.8) is 0 Å². The van der Waals surface area contributed by atoms with Crippen molar-refractivity contribution in [2.75, 3.05) is 0 Å². The lowest BCUT2D eigenvalue weighted by atomic mass is 10.5. The number of halogens is 1. The fourth-order valence-corrected chi connectivity index (χ4v) is 0.762. The van der Waals surface area contributed by atoms with E-state index in [1.54, 1.807) is 6.07 Å². The molecule has 0 saturated carbocycles. The molecule has 1 aromatic heterocycles. The lowest BCUT2D eigenvalue weighted by molar-refractivity contribution is 0.509. The summed E-state index contributed by atoms with van der Waals surface area (Å²) in [6.45, 7) is 0. The largest absolute Gasteiger partial charge is 0.431 e. The lowest BCUT2D eigenvalue weighted by Gasteiger charge is -1.80. The summed E-state index contributed by atoms with van der Waals surface area (Å²) in [6.07, 6.45) is 1.38. The Kier molecular flexibility index (Phi) is 1.67. The Hall–Kier alpha value is -0.320. The molecule has 2 nitrogen and oxygen atoms in total. The van der Waals surface area contributed by atoms with Gasteiger partial charge < -0.3 is 4.42 Å². The molecule has 0 unspecified atom stereocenters. The molecule has 0 saturated heterocycles. The van der Waals surface area contributed by atoms with E-state index < -0.39 is 0 Å². The highest BCUT2D eigenvalue weighted by Gasteiger charge is 1.84. The van der Waals surface area contributed by atoms with Crippen LogP contribution in [0.1, 0.15) is 0 Å². The maximum absolute atomic E-state index is 10.3. The zero-order chi connectivity index (χ0) is 5.98. The van der Waals surface area contributed by atoms with Gasteiger partial charge in [0.15, 0.2) is 0 Å². The minimum atomic E-state index is -0.295. The van der Waals surface area contributed by atoms with E-state index in [2.05, 4.69) is 4.42 Å². The molecule has 0 bridgehead atoms. The third kappa shape index (κ3) is 1.33. The first-order valence-corrected chi connectivity index (χ1v) is 3.11. The summed E-state index contributed by atoms with van der Waals surface area (Å²) in [7, 11) is 0. The van der Waals surface area contributed by atoms with Crippen molar-refractivity contribution in [3.8, 4) is 0 Å². The van der Waals surface area contributed by atoms with Crippen LogP contribution in [0.25, 0.3) is 0 Å². The molecule has 0 spiro atoms. The normalized spacial score (nSPS) is 9.12. The van der Waals surface area contributed by atoms with E-state index >= 15 is 0 Å². The second-order valence-corrected chi connectivity index (χ2v) is 2.51. The summed E-state index contributed by atoms with van der Waals surface area (Å²) in [4.78, 5) is 10.3. The molecule has 0 aliphatic heterocycles. The van der Waals surface area contributed by atoms with Crippen LogP contribution in [0.2, 0.25) is 0 Å². The molecule has 1 rings (SSSR count). The molecule has 0 amide bonds. The van der Waals surface area contributed by atoms with Crippen LogP contribution in [0.3, 0.4) is 0 Å². The molecule has 0 aliphatic carbocycles. The van der Waals surface area contributed by atoms with Gasteiger partial charge in [0.05, 0.1) is 6.26 Å². The van der Waals surface area contributed by atoms with Gasteiger partial charge in [-0.05, 0) is 28.7 Å². The van der Waals surface area contributed by atoms with Gasteiger partial charge in [0.2, 0.25) is 0 Å². The van der Waals surface area contributed by atoms with Gasteiger partial charge in [-0.3, -0.25) is 0 Å². The van der Waals surface area contributed by atoms with Crippen LogP contribution in [0.5, 0.6) is 0 Å². The SMILES string of the molecule is O=c1cc(I)cco1. The summed E-state index contributed by atoms with van der Waals surface area (Å²) in [5.74, 6) is 0. The quantitative estimate of drug-likeness (QED) is 0.618. The lowest BCUT2D eigenvalue weighted by Crippen LogP contribution is -1.93. The van der Waals surface area contributed by atoms with E-state index in [4.69, 9.17) is 0 Å². The van der Waals surface area contributed by atoms with Crippen LogP contribution >= 0.6 is 22.6 Å². The van der Waals surface area contributed by atoms with Crippen LogP contribution < -0.4 is 5.63 Å². The van der Waals surface area contributed by atoms with E-state index in [0.29, 0.717) is 0 Å². The molecule has 42 valence electrons. The van der Waals surface area contributed by atoms with Gasteiger partial charge in [-0.1, -0.05) is 0 Å². The van der Waals surface area contributed by atoms with Crippen molar-refractivity contribution in [1.29, 1.82) is 0 Å². The first-order valence-electron chi connectivity index (χ1n) is 2.03. The molecule has 8 heavy (non-hydrogen) atoms. The zero-order valence-electron chi connectivity index (χ0n) is 3.93. The molecular formula is C5H3IO2. The average Bonchev–Trinajstić information content (AvgIpc) is 1.64. The smallest absolute Gasteiger partial charge is 0.336 e. The second kappa shape index (κ2) is 2.30. The highest BCUT2D eigenvalue weighted by molar-refractivity contribution is 14.1. The molecule has 3 heteroatoms. The van der Waals surface area contributed by atoms with Crippen molar-refractivity contribution >= 4 is 22.6 Å². The number of hydrogen-bond acceptors (Lipinski definition) is 2. The van der Waals surface area contributed by atoms with E-state index in [-0.39, 0.29) is 5.63 Å². The zero-order valence-corrected chi connectivity index (χ0v) is 6.08. The molecule has 0 atom stereocenters. The molecule has 0 fully saturated rings. The highest BCUT2D eigenvalue weighted by atomic mass is 127. The van der Waals surface area contributed by atoms with Gasteiger partial charge >= 0.3 is 5.63 Å². The predicted octanol–water partition coefficient (Wildman–Crippen LogP) is 1.24. The Bertz CT molecular complexity index is 228. The molecule has 0 aliphatic rings. The first-order chi connectivity index (χ1) is 3.79. The molecule has 0 radical (unpaired) electrons. The van der Waals surface area contributed by atoms with Crippen molar-refractivity contribution in [3.05, 3.63) is 32.4 Å². The minimum absolute atomic E-state index is 0.295. The van der Waals surface area contributed by atoms with E-state index in [1.165, 1.54) is 12.3 Å². The van der Waals surface area contributed by atoms with Crippen molar-refractivity contribution < 1.29 is 4.42 Å². The Labute approximate surface area is 59.7 Å². The Morgan fingerprint density at radius 3 is 2.75 bits per heavy atom. The van der Waals surface area contributed by atoms with Crippen molar-refractivity contribution in [2.24, 2.45) is 0 Å². The third-order valence-electron chi connectivity index (χ3n) is 0.667. The maximum atomic E-state index is 10.3. The van der Waals surface area contributed by atoms with E-state index in [0.717, 1.165) is 3.57 Å². The predicted molar refractivity (Wildman–Crippen MR) is 37.7 cm³/mol. The fourth-order valence-electron chi connectivity index (χ4n) is 0.361. The van der Waals surface area contributed by atoms with E-state index in [1.807, 2.05) is 22.6 Å². The second-order valence-electron chi connectivity index (χ2n) is 1.27. The van der Waals surface area contributed by atoms with Crippen LogP contribution in [-0.4, -0.2) is 0 Å². The van der Waals surface area contributed by atoms with E-state index in [9.17, 15) is 4.79 Å². The van der Waals surface area contributed by atoms with Gasteiger partial charge in [0.25, 0.3) is 0 Å². The Morgan fingerprint density at radius 2 is 2.38 bits per heavy atom. The Balaban J connectivity index is 3.28. The minimum Gasteiger partial charge on any atom is -0.431 e. The first kappa shape index (κ1) is 5.81. The molecule has 1 heterocycles. The molecule has 1 aromatic rings. The van der Waals surface area contributed by atoms with Crippen LogP contribution in [-0.2, 0) is 0 Å². The molecule has 0 aromatic carbocycles. The Morgan fingerprint density at radius 1 is 1.62 bits per heavy atom. The summed E-state index contributed by atoms with van der Waals surface area (Å²) >= 11 is 2.05. The number of hydrogen-bond donors (Lipinski definition) is 0. The summed E-state index contributed by atoms with van der Waals surface area (Å²) < 4.78 is 5.35. The van der Waals surface area contributed by atoms with Crippen molar-refractivity contribution in [2.45, 2.75) is 0 Å². The fraction of sp³-hybridized carbons (Fsp3) is 0. The van der Waals surface area contributed by atoms with Crippen LogP contribution in [0.15, 0.2) is 27.6 Å². The third-order valence-corrected chi connectivity index (χ3v) is 1.34. The van der Waals surface area contributed by atoms with Gasteiger partial charge in [0.1, 0.15) is 0 Å². The number of rotatable bonds is 0. The van der Waals surface area contributed by atoms with Crippen LogP contribution in [0, 0.1) is 3.57 Å². The van der Waals surface area contributed by atoms with Gasteiger partial charge in [0, 0.05) is 9.64 Å². The highest BCUT2D eigenvalue weighted by Crippen LogP contribution is 1.96. The standard InChI is InChI=1S/C5H3IO2/c6-4-1-2-8-5(7)3-4/h1-3H. The summed E-state index contributed by atoms with van der Waals surface area (Å²) in [6, 6.07) is 3.16. The maximum Gasteiger partial charge on any atom is 0.336 e. The topological polar surface area (TPSA) is 30.2 Å². The van der Waals surface area contributed by atoms with Crippen molar-refractivity contribution in [1.82, 2.24) is 0 Å². The van der Waals surface area contributed by atoms with Crippen LogP contribution in [0.4, 0.5) is 0 Å². The van der Waals surface area contributed by atoms with Gasteiger partial charge in [-0.25, -0.2) is 4.79 Å². The average molecular weight is 222 g/mol. The molecular weight excluding hydrogens is 219 g/mol. The molecule has 0 N–H and O–H groups in total. The monoisotopic (exact) mass is 222 g/mol.